The number of para-hydroxylation sites is 3. The molecule has 278 valence electrons. The summed E-state index contributed by atoms with van der Waals surface area (Å²) in [5, 5.41) is 3.70. The van der Waals surface area contributed by atoms with Crippen LogP contribution in [0.4, 0.5) is 0 Å². The van der Waals surface area contributed by atoms with E-state index in [1.54, 1.807) is 0 Å². The van der Waals surface area contributed by atoms with Crippen LogP contribution >= 0.6 is 22.7 Å². The Morgan fingerprint density at radius 1 is 0.492 bits per heavy atom. The number of allylic oxidation sites excluding steroid dienone is 1. The molecule has 7 aromatic carbocycles. The van der Waals surface area contributed by atoms with E-state index in [2.05, 4.69) is 162 Å². The van der Waals surface area contributed by atoms with E-state index in [1.165, 1.54) is 46.3 Å². The van der Waals surface area contributed by atoms with Crippen LogP contribution in [0.15, 0.2) is 170 Å². The van der Waals surface area contributed by atoms with Crippen molar-refractivity contribution in [3.63, 3.8) is 0 Å². The standard InChI is InChI=1S/C52H33N5S2/c1-3-13-33(14-4-1)49-54-50(56-51(55-49)40-20-12-24-46-47(40)39-17-7-10-23-44(39)58-46)34-27-25-32(26-28-34)37-18-11-19-38-41-31-35(29-30-45(41)59-48(37)38)52-53-42-21-8-9-22-43(42)57(52)36-15-5-2-6-16-36/h1-9,11-22,24-31H,10,23H2. The fraction of sp³-hybridized carbons (Fsp3) is 0.0385. The molecule has 0 radical (unpaired) electrons. The summed E-state index contributed by atoms with van der Waals surface area (Å²) in [5.74, 6) is 2.95. The first-order valence-corrected chi connectivity index (χ1v) is 21.5. The smallest absolute Gasteiger partial charge is 0.164 e. The number of rotatable bonds is 6. The van der Waals surface area contributed by atoms with Gasteiger partial charge in [0.2, 0.25) is 0 Å². The molecule has 0 spiro atoms. The summed E-state index contributed by atoms with van der Waals surface area (Å²) in [6, 6.07) is 57.7. The minimum absolute atomic E-state index is 0.658. The lowest BCUT2D eigenvalue weighted by Gasteiger charge is -2.11. The molecule has 4 heterocycles. The Bertz CT molecular complexity index is 3430. The third kappa shape index (κ3) is 5.73. The Morgan fingerprint density at radius 2 is 1.19 bits per heavy atom. The molecule has 11 aromatic rings. The van der Waals surface area contributed by atoms with E-state index in [1.807, 2.05) is 40.9 Å². The van der Waals surface area contributed by atoms with E-state index < -0.39 is 0 Å². The summed E-state index contributed by atoms with van der Waals surface area (Å²) in [4.78, 5) is 21.9. The average Bonchev–Trinajstić information content (AvgIpc) is 4.01. The van der Waals surface area contributed by atoms with Gasteiger partial charge in [0.1, 0.15) is 5.82 Å². The van der Waals surface area contributed by atoms with Gasteiger partial charge in [0, 0.05) is 63.1 Å². The molecule has 4 aromatic heterocycles. The first-order valence-electron chi connectivity index (χ1n) is 19.9. The Balaban J connectivity index is 0.950. The third-order valence-corrected chi connectivity index (χ3v) is 13.8. The van der Waals surface area contributed by atoms with Crippen molar-refractivity contribution < 1.29 is 0 Å². The molecule has 0 saturated heterocycles. The molecule has 0 fully saturated rings. The lowest BCUT2D eigenvalue weighted by atomic mass is 9.99. The second kappa shape index (κ2) is 13.8. The quantitative estimate of drug-likeness (QED) is 0.168. The minimum atomic E-state index is 0.658. The van der Waals surface area contributed by atoms with Crippen LogP contribution in [-0.4, -0.2) is 24.5 Å². The normalized spacial score (nSPS) is 12.5. The van der Waals surface area contributed by atoms with Crippen molar-refractivity contribution in [3.05, 3.63) is 180 Å². The number of benzene rings is 7. The highest BCUT2D eigenvalue weighted by Crippen LogP contribution is 2.43. The van der Waals surface area contributed by atoms with Crippen molar-refractivity contribution in [2.75, 3.05) is 0 Å². The van der Waals surface area contributed by atoms with Gasteiger partial charge in [-0.25, -0.2) is 19.9 Å². The SMILES string of the molecule is C1=Cc2c(sc3cccc(-c4nc(-c5ccccc5)nc(-c5ccc(-c6cccc7c6sc6ccc(-c8nc9ccccc9n8-c8ccccc8)cc67)cc5)n4)c23)CC1. The highest BCUT2D eigenvalue weighted by atomic mass is 32.1. The molecule has 12 rings (SSSR count). The van der Waals surface area contributed by atoms with Gasteiger partial charge >= 0.3 is 0 Å². The Kier molecular flexibility index (Phi) is 7.96. The van der Waals surface area contributed by atoms with Crippen molar-refractivity contribution in [1.29, 1.82) is 0 Å². The number of thiophene rings is 2. The van der Waals surface area contributed by atoms with Crippen LogP contribution < -0.4 is 0 Å². The van der Waals surface area contributed by atoms with Crippen LogP contribution in [0.2, 0.25) is 0 Å². The van der Waals surface area contributed by atoms with Gasteiger partial charge in [0.05, 0.1) is 11.0 Å². The van der Waals surface area contributed by atoms with Gasteiger partial charge in [-0.15, -0.1) is 22.7 Å². The minimum Gasteiger partial charge on any atom is -0.292 e. The van der Waals surface area contributed by atoms with Crippen molar-refractivity contribution in [2.24, 2.45) is 0 Å². The molecule has 0 unspecified atom stereocenters. The summed E-state index contributed by atoms with van der Waals surface area (Å²) >= 11 is 3.73. The molecule has 0 amide bonds. The lowest BCUT2D eigenvalue weighted by molar-refractivity contribution is 1.02. The molecule has 0 atom stereocenters. The van der Waals surface area contributed by atoms with Crippen LogP contribution in [0.25, 0.3) is 110 Å². The average molecular weight is 792 g/mol. The highest BCUT2D eigenvalue weighted by molar-refractivity contribution is 7.26. The van der Waals surface area contributed by atoms with E-state index in [0.29, 0.717) is 17.5 Å². The Morgan fingerprint density at radius 3 is 2.03 bits per heavy atom. The van der Waals surface area contributed by atoms with Gasteiger partial charge in [-0.1, -0.05) is 127 Å². The number of nitrogens with zero attached hydrogens (tertiary/aromatic N) is 5. The van der Waals surface area contributed by atoms with Crippen LogP contribution in [0.1, 0.15) is 16.9 Å². The van der Waals surface area contributed by atoms with Gasteiger partial charge < -0.3 is 0 Å². The number of imidazole rings is 1. The summed E-state index contributed by atoms with van der Waals surface area (Å²) in [5.41, 5.74) is 10.9. The molecule has 59 heavy (non-hydrogen) atoms. The Hall–Kier alpha value is -7.06. The number of hydrogen-bond acceptors (Lipinski definition) is 6. The van der Waals surface area contributed by atoms with E-state index >= 15 is 0 Å². The second-order valence-corrected chi connectivity index (χ2v) is 17.1. The molecular weight excluding hydrogens is 759 g/mol. The zero-order chi connectivity index (χ0) is 38.9. The van der Waals surface area contributed by atoms with Crippen molar-refractivity contribution in [3.8, 4) is 62.4 Å². The summed E-state index contributed by atoms with van der Waals surface area (Å²) in [7, 11) is 0. The topological polar surface area (TPSA) is 56.5 Å². The van der Waals surface area contributed by atoms with Crippen LogP contribution in [0.5, 0.6) is 0 Å². The molecule has 0 aliphatic heterocycles. The van der Waals surface area contributed by atoms with E-state index in [9.17, 15) is 0 Å². The van der Waals surface area contributed by atoms with Gasteiger partial charge in [0.25, 0.3) is 0 Å². The second-order valence-electron chi connectivity index (χ2n) is 14.9. The molecule has 5 nitrogen and oxygen atoms in total. The zero-order valence-corrected chi connectivity index (χ0v) is 33.3. The highest BCUT2D eigenvalue weighted by Gasteiger charge is 2.21. The molecule has 0 saturated carbocycles. The van der Waals surface area contributed by atoms with Crippen molar-refractivity contribution in [2.45, 2.75) is 12.8 Å². The number of aryl methyl sites for hydroxylation is 1. The summed E-state index contributed by atoms with van der Waals surface area (Å²) < 4.78 is 6.05. The fourth-order valence-corrected chi connectivity index (χ4v) is 11.0. The zero-order valence-electron chi connectivity index (χ0n) is 31.7. The molecule has 0 bridgehead atoms. The van der Waals surface area contributed by atoms with Crippen LogP contribution in [0.3, 0.4) is 0 Å². The van der Waals surface area contributed by atoms with Gasteiger partial charge in [-0.2, -0.15) is 0 Å². The molecule has 1 aliphatic carbocycles. The predicted molar refractivity (Wildman–Crippen MR) is 247 cm³/mol. The maximum absolute atomic E-state index is 5.19. The molecule has 1 aliphatic rings. The van der Waals surface area contributed by atoms with E-state index in [4.69, 9.17) is 19.9 Å². The summed E-state index contributed by atoms with van der Waals surface area (Å²) in [6.45, 7) is 0. The monoisotopic (exact) mass is 791 g/mol. The van der Waals surface area contributed by atoms with Gasteiger partial charge in [-0.3, -0.25) is 4.57 Å². The van der Waals surface area contributed by atoms with Crippen molar-refractivity contribution in [1.82, 2.24) is 24.5 Å². The largest absolute Gasteiger partial charge is 0.292 e. The Labute approximate surface area is 348 Å². The molecular formula is C52H33N5S2. The number of aromatic nitrogens is 5. The maximum Gasteiger partial charge on any atom is 0.164 e. The summed E-state index contributed by atoms with van der Waals surface area (Å²) in [6.07, 6.45) is 6.71. The fourth-order valence-electron chi connectivity index (χ4n) is 8.55. The predicted octanol–water partition coefficient (Wildman–Crippen LogP) is 14.1. The van der Waals surface area contributed by atoms with E-state index in [-0.39, 0.29) is 0 Å². The van der Waals surface area contributed by atoms with Crippen molar-refractivity contribution >= 4 is 70.0 Å². The third-order valence-electron chi connectivity index (χ3n) is 11.3. The number of hydrogen-bond donors (Lipinski definition) is 0. The lowest BCUT2D eigenvalue weighted by Crippen LogP contribution is -2.00. The first-order chi connectivity index (χ1) is 29.2. The number of fused-ring (bicyclic) bond motifs is 7. The molecule has 7 heteroatoms. The first kappa shape index (κ1) is 34.0. The van der Waals surface area contributed by atoms with Gasteiger partial charge in [0.15, 0.2) is 17.5 Å². The van der Waals surface area contributed by atoms with Crippen LogP contribution in [-0.2, 0) is 6.42 Å². The van der Waals surface area contributed by atoms with Gasteiger partial charge in [-0.05, 0) is 78.1 Å². The van der Waals surface area contributed by atoms with E-state index in [0.717, 1.165) is 63.2 Å². The maximum atomic E-state index is 5.19. The molecule has 0 N–H and O–H groups in total. The van der Waals surface area contributed by atoms with Crippen LogP contribution in [0, 0.1) is 0 Å².